The maximum atomic E-state index is 12.0. The van der Waals surface area contributed by atoms with E-state index in [2.05, 4.69) is 16.4 Å². The van der Waals surface area contributed by atoms with Crippen molar-refractivity contribution in [3.05, 3.63) is 58.3 Å². The molecular formula is C20H18N4O5. The van der Waals surface area contributed by atoms with Gasteiger partial charge in [0.1, 0.15) is 23.5 Å². The van der Waals surface area contributed by atoms with E-state index in [1.54, 1.807) is 18.3 Å². The number of benzene rings is 1. The lowest BCUT2D eigenvalue weighted by molar-refractivity contribution is -0.384. The number of ether oxygens (including phenoxy) is 2. The van der Waals surface area contributed by atoms with Gasteiger partial charge < -0.3 is 14.8 Å². The van der Waals surface area contributed by atoms with E-state index >= 15 is 0 Å². The van der Waals surface area contributed by atoms with E-state index in [1.165, 1.54) is 24.3 Å². The molecule has 0 radical (unpaired) electrons. The molecule has 0 bridgehead atoms. The fraction of sp³-hybridized carbons (Fsp3) is 0.350. The molecule has 2 saturated carbocycles. The fourth-order valence-electron chi connectivity index (χ4n) is 4.08. The predicted molar refractivity (Wildman–Crippen MR) is 100 cm³/mol. The zero-order valence-corrected chi connectivity index (χ0v) is 15.4. The number of hydrogen-bond acceptors (Lipinski definition) is 7. The van der Waals surface area contributed by atoms with Gasteiger partial charge in [-0.2, -0.15) is 5.26 Å². The first-order chi connectivity index (χ1) is 14.0. The summed E-state index contributed by atoms with van der Waals surface area (Å²) in [6.07, 6.45) is 4.48. The molecule has 9 heteroatoms. The minimum Gasteiger partial charge on any atom is -0.473 e. The molecule has 0 aliphatic heterocycles. The summed E-state index contributed by atoms with van der Waals surface area (Å²) < 4.78 is 11.0. The molecule has 2 aliphatic carbocycles. The van der Waals surface area contributed by atoms with Crippen molar-refractivity contribution < 1.29 is 19.2 Å². The van der Waals surface area contributed by atoms with Crippen molar-refractivity contribution in [2.45, 2.75) is 37.8 Å². The van der Waals surface area contributed by atoms with E-state index in [0.29, 0.717) is 11.4 Å². The minimum absolute atomic E-state index is 0.0324. The van der Waals surface area contributed by atoms with Crippen molar-refractivity contribution in [3.63, 3.8) is 0 Å². The zero-order valence-electron chi connectivity index (χ0n) is 15.4. The average molecular weight is 394 g/mol. The smallest absolute Gasteiger partial charge is 0.412 e. The topological polar surface area (TPSA) is 127 Å². The van der Waals surface area contributed by atoms with Gasteiger partial charge in [-0.05, 0) is 55.4 Å². The van der Waals surface area contributed by atoms with Gasteiger partial charge in [0.25, 0.3) is 5.69 Å². The molecule has 9 nitrogen and oxygen atoms in total. The molecular weight excluding hydrogens is 376 g/mol. The summed E-state index contributed by atoms with van der Waals surface area (Å²) in [5.74, 6) is 0.624. The van der Waals surface area contributed by atoms with Crippen LogP contribution < -0.4 is 14.8 Å². The molecule has 1 heterocycles. The maximum absolute atomic E-state index is 12.0. The molecule has 1 amide bonds. The van der Waals surface area contributed by atoms with Crippen LogP contribution in [0.15, 0.2) is 42.6 Å². The lowest BCUT2D eigenvalue weighted by Gasteiger charge is -2.56. The molecule has 0 atom stereocenters. The third-order valence-electron chi connectivity index (χ3n) is 5.43. The molecule has 1 spiro atoms. The lowest BCUT2D eigenvalue weighted by Crippen LogP contribution is -2.59. The number of nitro groups is 1. The Kier molecular flexibility index (Phi) is 4.76. The summed E-state index contributed by atoms with van der Waals surface area (Å²) in [7, 11) is 0. The normalized spacial score (nSPS) is 24.5. The van der Waals surface area contributed by atoms with Gasteiger partial charge >= 0.3 is 6.09 Å². The number of carbonyl (C=O) groups excluding carboxylic acids is 1. The molecule has 1 N–H and O–H groups in total. The Morgan fingerprint density at radius 3 is 2.62 bits per heavy atom. The van der Waals surface area contributed by atoms with Crippen LogP contribution in [0.4, 0.5) is 10.5 Å². The Morgan fingerprint density at radius 1 is 1.24 bits per heavy atom. The van der Waals surface area contributed by atoms with Crippen LogP contribution in [0, 0.1) is 26.9 Å². The Hall–Kier alpha value is -3.67. The molecule has 0 saturated heterocycles. The summed E-state index contributed by atoms with van der Waals surface area (Å²) in [4.78, 5) is 26.2. The SMILES string of the molecule is N#Cc1cccnc1OC1CC2(CC(NC(=O)Oc3ccc([N+](=O)[O-])cc3)C2)C1. The van der Waals surface area contributed by atoms with Crippen LogP contribution >= 0.6 is 0 Å². The van der Waals surface area contributed by atoms with Gasteiger partial charge in [0, 0.05) is 24.4 Å². The van der Waals surface area contributed by atoms with Crippen molar-refractivity contribution in [1.29, 1.82) is 5.26 Å². The van der Waals surface area contributed by atoms with Gasteiger partial charge in [0.15, 0.2) is 0 Å². The summed E-state index contributed by atoms with van der Waals surface area (Å²) in [6.45, 7) is 0. The fourth-order valence-corrected chi connectivity index (χ4v) is 4.08. The molecule has 2 fully saturated rings. The van der Waals surface area contributed by atoms with Gasteiger partial charge in [0.2, 0.25) is 5.88 Å². The molecule has 2 aliphatic rings. The average Bonchev–Trinajstić information content (AvgIpc) is 2.65. The van der Waals surface area contributed by atoms with Crippen LogP contribution in [0.1, 0.15) is 31.2 Å². The van der Waals surface area contributed by atoms with Crippen molar-refractivity contribution >= 4 is 11.8 Å². The van der Waals surface area contributed by atoms with Gasteiger partial charge in [-0.25, -0.2) is 9.78 Å². The third-order valence-corrected chi connectivity index (χ3v) is 5.43. The van der Waals surface area contributed by atoms with Crippen molar-refractivity contribution in [3.8, 4) is 17.7 Å². The number of rotatable bonds is 5. The summed E-state index contributed by atoms with van der Waals surface area (Å²) in [5, 5.41) is 22.5. The Labute approximate surface area is 166 Å². The second-order valence-electron chi connectivity index (χ2n) is 7.51. The number of carbonyl (C=O) groups is 1. The van der Waals surface area contributed by atoms with E-state index in [1.807, 2.05) is 0 Å². The van der Waals surface area contributed by atoms with E-state index in [4.69, 9.17) is 14.7 Å². The van der Waals surface area contributed by atoms with Gasteiger partial charge in [0.05, 0.1) is 4.92 Å². The quantitative estimate of drug-likeness (QED) is 0.608. The molecule has 2 aromatic rings. The highest BCUT2D eigenvalue weighted by atomic mass is 16.6. The Bertz CT molecular complexity index is 971. The van der Waals surface area contributed by atoms with Crippen LogP contribution in [-0.2, 0) is 0 Å². The second kappa shape index (κ2) is 7.39. The van der Waals surface area contributed by atoms with Crippen molar-refractivity contribution in [2.75, 3.05) is 0 Å². The van der Waals surface area contributed by atoms with Crippen LogP contribution in [0.2, 0.25) is 0 Å². The summed E-state index contributed by atoms with van der Waals surface area (Å²) in [6, 6.07) is 10.8. The van der Waals surface area contributed by atoms with Gasteiger partial charge in [-0.3, -0.25) is 10.1 Å². The van der Waals surface area contributed by atoms with E-state index in [9.17, 15) is 14.9 Å². The molecule has 29 heavy (non-hydrogen) atoms. The number of aromatic nitrogens is 1. The van der Waals surface area contributed by atoms with E-state index in [-0.39, 0.29) is 29.0 Å². The predicted octanol–water partition coefficient (Wildman–Crippen LogP) is 3.34. The second-order valence-corrected chi connectivity index (χ2v) is 7.51. The van der Waals surface area contributed by atoms with Gasteiger partial charge in [-0.15, -0.1) is 0 Å². The summed E-state index contributed by atoms with van der Waals surface area (Å²) in [5.41, 5.74) is 0.529. The minimum atomic E-state index is -0.571. The molecule has 1 aromatic heterocycles. The number of amides is 1. The zero-order chi connectivity index (χ0) is 20.4. The van der Waals surface area contributed by atoms with Crippen LogP contribution in [0.25, 0.3) is 0 Å². The molecule has 4 rings (SSSR count). The third kappa shape index (κ3) is 3.96. The summed E-state index contributed by atoms with van der Waals surface area (Å²) >= 11 is 0. The van der Waals surface area contributed by atoms with Gasteiger partial charge in [-0.1, -0.05) is 0 Å². The monoisotopic (exact) mass is 394 g/mol. The van der Waals surface area contributed by atoms with Crippen LogP contribution in [0.5, 0.6) is 11.6 Å². The Balaban J connectivity index is 1.20. The largest absolute Gasteiger partial charge is 0.473 e. The van der Waals surface area contributed by atoms with Crippen molar-refractivity contribution in [2.24, 2.45) is 5.41 Å². The number of pyridine rings is 1. The van der Waals surface area contributed by atoms with Crippen molar-refractivity contribution in [1.82, 2.24) is 10.3 Å². The molecule has 1 aromatic carbocycles. The lowest BCUT2D eigenvalue weighted by atomic mass is 9.53. The number of non-ortho nitro benzene ring substituents is 1. The standard InChI is InChI=1S/C20H18N4O5/c21-12-13-2-1-7-22-18(13)28-17-10-20(11-17)8-14(9-20)23-19(25)29-16-5-3-15(4-6-16)24(26)27/h1-7,14,17H,8-11H2,(H,23,25). The highest BCUT2D eigenvalue weighted by Crippen LogP contribution is 2.56. The highest BCUT2D eigenvalue weighted by molar-refractivity contribution is 5.71. The first kappa shape index (κ1) is 18.7. The maximum Gasteiger partial charge on any atom is 0.412 e. The van der Waals surface area contributed by atoms with Crippen LogP contribution in [0.3, 0.4) is 0 Å². The number of nitriles is 1. The van der Waals surface area contributed by atoms with E-state index < -0.39 is 11.0 Å². The molecule has 148 valence electrons. The highest BCUT2D eigenvalue weighted by Gasteiger charge is 2.54. The Morgan fingerprint density at radius 2 is 1.97 bits per heavy atom. The number of nitrogens with one attached hydrogen (secondary N) is 1. The first-order valence-corrected chi connectivity index (χ1v) is 9.21. The van der Waals surface area contributed by atoms with E-state index in [0.717, 1.165) is 25.7 Å². The first-order valence-electron chi connectivity index (χ1n) is 9.21. The molecule has 0 unspecified atom stereocenters. The number of nitro benzene ring substituents is 1. The number of nitrogens with zero attached hydrogens (tertiary/aromatic N) is 3. The number of hydrogen-bond donors (Lipinski definition) is 1. The van der Waals surface area contributed by atoms with Crippen LogP contribution in [-0.4, -0.2) is 28.1 Å².